The van der Waals surface area contributed by atoms with Gasteiger partial charge in [0.1, 0.15) is 10.8 Å². The highest BCUT2D eigenvalue weighted by molar-refractivity contribution is 6.33. The topological polar surface area (TPSA) is 58.0 Å². The first-order valence-corrected chi connectivity index (χ1v) is 5.15. The summed E-state index contributed by atoms with van der Waals surface area (Å²) in [6, 6.07) is 6.50. The van der Waals surface area contributed by atoms with E-state index in [-0.39, 0.29) is 11.0 Å². The molecule has 82 valence electrons. The summed E-state index contributed by atoms with van der Waals surface area (Å²) in [5, 5.41) is 12.6. The van der Waals surface area contributed by atoms with Gasteiger partial charge in [-0.1, -0.05) is 11.6 Å². The minimum Gasteiger partial charge on any atom is -0.508 e. The van der Waals surface area contributed by atoms with Crippen molar-refractivity contribution >= 4 is 34.7 Å². The van der Waals surface area contributed by atoms with Crippen LogP contribution < -0.4 is 5.32 Å². The third-order valence-corrected chi connectivity index (χ3v) is 2.30. The van der Waals surface area contributed by atoms with E-state index in [2.05, 4.69) is 15.3 Å². The molecule has 0 amide bonds. The third kappa shape index (κ3) is 2.53. The molecule has 0 unspecified atom stereocenters. The van der Waals surface area contributed by atoms with Crippen LogP contribution in [-0.4, -0.2) is 15.1 Å². The Labute approximate surface area is 102 Å². The van der Waals surface area contributed by atoms with Crippen molar-refractivity contribution in [1.29, 1.82) is 0 Å². The molecular weight excluding hydrogens is 249 g/mol. The number of nitrogens with one attached hydrogen (secondary N) is 1. The molecule has 2 N–H and O–H groups in total. The van der Waals surface area contributed by atoms with E-state index in [1.54, 1.807) is 24.3 Å². The zero-order chi connectivity index (χ0) is 11.5. The SMILES string of the molecule is Oc1ccc(Nc2nc(Cl)ncc2Cl)cc1. The van der Waals surface area contributed by atoms with E-state index in [4.69, 9.17) is 28.3 Å². The number of rotatable bonds is 2. The average molecular weight is 256 g/mol. The molecule has 0 radical (unpaired) electrons. The molecule has 0 aliphatic carbocycles. The summed E-state index contributed by atoms with van der Waals surface area (Å²) in [7, 11) is 0. The molecule has 4 nitrogen and oxygen atoms in total. The van der Waals surface area contributed by atoms with E-state index < -0.39 is 0 Å². The molecule has 1 aromatic carbocycles. The van der Waals surface area contributed by atoms with Gasteiger partial charge in [-0.05, 0) is 35.9 Å². The van der Waals surface area contributed by atoms with Crippen LogP contribution >= 0.6 is 23.2 Å². The van der Waals surface area contributed by atoms with Crippen molar-refractivity contribution in [3.8, 4) is 5.75 Å². The maximum absolute atomic E-state index is 9.12. The summed E-state index contributed by atoms with van der Waals surface area (Å²) in [6.45, 7) is 0. The second kappa shape index (κ2) is 4.55. The summed E-state index contributed by atoms with van der Waals surface area (Å²) >= 11 is 11.5. The number of phenols is 1. The minimum absolute atomic E-state index is 0.116. The summed E-state index contributed by atoms with van der Waals surface area (Å²) in [5.41, 5.74) is 0.745. The Morgan fingerprint density at radius 1 is 1.12 bits per heavy atom. The number of aromatic nitrogens is 2. The molecule has 0 aliphatic rings. The number of phenolic OH excluding ortho intramolecular Hbond substituents is 1. The standard InChI is InChI=1S/C10H7Cl2N3O/c11-8-5-13-10(12)15-9(8)14-6-1-3-7(16)4-2-6/h1-5,16H,(H,13,14,15). The molecule has 2 aromatic rings. The lowest BCUT2D eigenvalue weighted by molar-refractivity contribution is 0.475. The molecule has 0 aliphatic heterocycles. The quantitative estimate of drug-likeness (QED) is 0.639. The van der Waals surface area contributed by atoms with Gasteiger partial charge < -0.3 is 10.4 Å². The van der Waals surface area contributed by atoms with E-state index in [0.717, 1.165) is 5.69 Å². The molecule has 0 bridgehead atoms. The molecule has 1 heterocycles. The van der Waals surface area contributed by atoms with Crippen LogP contribution in [0.3, 0.4) is 0 Å². The van der Waals surface area contributed by atoms with Crippen LogP contribution in [0.4, 0.5) is 11.5 Å². The Morgan fingerprint density at radius 3 is 2.50 bits per heavy atom. The fraction of sp³-hybridized carbons (Fsp3) is 0. The zero-order valence-corrected chi connectivity index (χ0v) is 9.50. The highest BCUT2D eigenvalue weighted by Crippen LogP contribution is 2.24. The summed E-state index contributed by atoms with van der Waals surface area (Å²) < 4.78 is 0. The Hall–Kier alpha value is -1.52. The van der Waals surface area contributed by atoms with Crippen LogP contribution in [0.25, 0.3) is 0 Å². The van der Waals surface area contributed by atoms with Gasteiger partial charge in [-0.3, -0.25) is 0 Å². The van der Waals surface area contributed by atoms with E-state index in [1.165, 1.54) is 6.20 Å². The zero-order valence-electron chi connectivity index (χ0n) is 7.98. The molecule has 2 rings (SSSR count). The van der Waals surface area contributed by atoms with E-state index in [9.17, 15) is 0 Å². The van der Waals surface area contributed by atoms with Crippen molar-refractivity contribution < 1.29 is 5.11 Å². The summed E-state index contributed by atoms with van der Waals surface area (Å²) in [6.07, 6.45) is 1.42. The molecular formula is C10H7Cl2N3O. The van der Waals surface area contributed by atoms with Gasteiger partial charge in [0.2, 0.25) is 5.28 Å². The Balaban J connectivity index is 2.26. The number of hydrogen-bond acceptors (Lipinski definition) is 4. The number of halogens is 2. The van der Waals surface area contributed by atoms with Gasteiger partial charge in [0, 0.05) is 5.69 Å². The van der Waals surface area contributed by atoms with E-state index >= 15 is 0 Å². The molecule has 0 saturated heterocycles. The normalized spacial score (nSPS) is 10.1. The van der Waals surface area contributed by atoms with Crippen LogP contribution in [-0.2, 0) is 0 Å². The first-order chi connectivity index (χ1) is 7.65. The van der Waals surface area contributed by atoms with Gasteiger partial charge in [0.05, 0.1) is 6.20 Å². The maximum Gasteiger partial charge on any atom is 0.224 e. The molecule has 16 heavy (non-hydrogen) atoms. The van der Waals surface area contributed by atoms with Crippen LogP contribution in [0.2, 0.25) is 10.3 Å². The fourth-order valence-electron chi connectivity index (χ4n) is 1.11. The van der Waals surface area contributed by atoms with Gasteiger partial charge in [-0.15, -0.1) is 0 Å². The Morgan fingerprint density at radius 2 is 1.81 bits per heavy atom. The third-order valence-electron chi connectivity index (χ3n) is 1.84. The molecule has 0 fully saturated rings. The second-order valence-electron chi connectivity index (χ2n) is 3.01. The predicted molar refractivity (Wildman–Crippen MR) is 63.4 cm³/mol. The molecule has 6 heteroatoms. The first kappa shape index (κ1) is 11.0. The second-order valence-corrected chi connectivity index (χ2v) is 3.75. The van der Waals surface area contributed by atoms with Gasteiger partial charge in [-0.25, -0.2) is 4.98 Å². The predicted octanol–water partition coefficient (Wildman–Crippen LogP) is 3.23. The Kier molecular flexibility index (Phi) is 3.12. The molecule has 1 aromatic heterocycles. The van der Waals surface area contributed by atoms with Gasteiger partial charge in [0.25, 0.3) is 0 Å². The highest BCUT2D eigenvalue weighted by atomic mass is 35.5. The van der Waals surface area contributed by atoms with Crippen molar-refractivity contribution in [3.05, 3.63) is 40.8 Å². The lowest BCUT2D eigenvalue weighted by atomic mass is 10.3. The van der Waals surface area contributed by atoms with Gasteiger partial charge in [-0.2, -0.15) is 4.98 Å². The van der Waals surface area contributed by atoms with Crippen LogP contribution in [0.15, 0.2) is 30.5 Å². The van der Waals surface area contributed by atoms with Crippen LogP contribution in [0, 0.1) is 0 Å². The van der Waals surface area contributed by atoms with Gasteiger partial charge >= 0.3 is 0 Å². The molecule has 0 atom stereocenters. The summed E-state index contributed by atoms with van der Waals surface area (Å²) in [4.78, 5) is 7.68. The number of aromatic hydroxyl groups is 1. The minimum atomic E-state index is 0.116. The fourth-order valence-corrected chi connectivity index (χ4v) is 1.39. The largest absolute Gasteiger partial charge is 0.508 e. The number of benzene rings is 1. The van der Waals surface area contributed by atoms with Crippen molar-refractivity contribution in [2.24, 2.45) is 0 Å². The molecule has 0 spiro atoms. The van der Waals surface area contributed by atoms with Crippen molar-refractivity contribution in [2.75, 3.05) is 5.32 Å². The highest BCUT2D eigenvalue weighted by Gasteiger charge is 2.04. The maximum atomic E-state index is 9.12. The number of anilines is 2. The van der Waals surface area contributed by atoms with Crippen molar-refractivity contribution in [1.82, 2.24) is 9.97 Å². The lowest BCUT2D eigenvalue weighted by Gasteiger charge is -2.06. The Bertz CT molecular complexity index is 502. The molecule has 0 saturated carbocycles. The van der Waals surface area contributed by atoms with Crippen molar-refractivity contribution in [3.63, 3.8) is 0 Å². The monoisotopic (exact) mass is 255 g/mol. The first-order valence-electron chi connectivity index (χ1n) is 4.39. The average Bonchev–Trinajstić information content (AvgIpc) is 2.27. The summed E-state index contributed by atoms with van der Waals surface area (Å²) in [5.74, 6) is 0.615. The van der Waals surface area contributed by atoms with Gasteiger partial charge in [0.15, 0.2) is 5.82 Å². The van der Waals surface area contributed by atoms with Crippen LogP contribution in [0.1, 0.15) is 0 Å². The van der Waals surface area contributed by atoms with Crippen molar-refractivity contribution in [2.45, 2.75) is 0 Å². The van der Waals surface area contributed by atoms with E-state index in [1.807, 2.05) is 0 Å². The number of nitrogens with zero attached hydrogens (tertiary/aromatic N) is 2. The van der Waals surface area contributed by atoms with Crippen LogP contribution in [0.5, 0.6) is 5.75 Å². The number of hydrogen-bond donors (Lipinski definition) is 2. The lowest BCUT2D eigenvalue weighted by Crippen LogP contribution is -1.95. The van der Waals surface area contributed by atoms with E-state index in [0.29, 0.717) is 10.8 Å². The smallest absolute Gasteiger partial charge is 0.224 e.